The van der Waals surface area contributed by atoms with E-state index in [1.54, 1.807) is 19.9 Å². The van der Waals surface area contributed by atoms with Gasteiger partial charge in [0.05, 0.1) is 30.4 Å². The monoisotopic (exact) mass is 696 g/mol. The van der Waals surface area contributed by atoms with E-state index in [4.69, 9.17) is 31.6 Å². The molecule has 266 valence electrons. The molecule has 1 aromatic heterocycles. The summed E-state index contributed by atoms with van der Waals surface area (Å²) in [6.07, 6.45) is 11.1. The molecule has 51 heavy (non-hydrogen) atoms. The molecule has 0 spiro atoms. The molecule has 3 aliphatic rings. The van der Waals surface area contributed by atoms with E-state index in [1.807, 2.05) is 4.90 Å². The minimum Gasteiger partial charge on any atom is -0.508 e. The van der Waals surface area contributed by atoms with Crippen LogP contribution < -0.4 is 20.7 Å². The lowest BCUT2D eigenvalue weighted by atomic mass is 9.83. The highest BCUT2D eigenvalue weighted by molar-refractivity contribution is 6.05. The number of aromatic hydroxyl groups is 1. The lowest BCUT2D eigenvalue weighted by Crippen LogP contribution is -2.44. The second kappa shape index (κ2) is 13.4. The van der Waals surface area contributed by atoms with Crippen LogP contribution in [-0.4, -0.2) is 83.5 Å². The Morgan fingerprint density at radius 3 is 2.71 bits per heavy atom. The first-order valence-electron chi connectivity index (χ1n) is 17.3. The number of benzene rings is 3. The Labute approximate surface area is 295 Å². The Kier molecular flexibility index (Phi) is 9.08. The summed E-state index contributed by atoms with van der Waals surface area (Å²) in [5, 5.41) is 14.8. The average Bonchev–Trinajstić information content (AvgIpc) is 3.60. The zero-order valence-electron chi connectivity index (χ0n) is 28.9. The number of aromatic nitrogens is 2. The topological polar surface area (TPSA) is 126 Å². The van der Waals surface area contributed by atoms with Crippen LogP contribution in [0.1, 0.15) is 50.7 Å². The lowest BCUT2D eigenvalue weighted by Gasteiger charge is -2.32. The van der Waals surface area contributed by atoms with Gasteiger partial charge in [0, 0.05) is 35.0 Å². The molecular formula is C39H42F2N6O4. The summed E-state index contributed by atoms with van der Waals surface area (Å²) in [7, 11) is 0. The summed E-state index contributed by atoms with van der Waals surface area (Å²) in [5.74, 6) is 0.898. The van der Waals surface area contributed by atoms with Crippen LogP contribution in [0.3, 0.4) is 0 Å². The number of terminal acetylenes is 1. The van der Waals surface area contributed by atoms with Gasteiger partial charge < -0.3 is 30.5 Å². The molecule has 4 aromatic rings. The van der Waals surface area contributed by atoms with E-state index in [0.29, 0.717) is 48.5 Å². The van der Waals surface area contributed by atoms with Gasteiger partial charge in [-0.1, -0.05) is 18.6 Å². The Morgan fingerprint density at radius 1 is 1.24 bits per heavy atom. The average molecular weight is 697 g/mol. The van der Waals surface area contributed by atoms with E-state index in [1.165, 1.54) is 30.3 Å². The summed E-state index contributed by atoms with van der Waals surface area (Å²) < 4.78 is 45.1. The van der Waals surface area contributed by atoms with Crippen molar-refractivity contribution in [2.45, 2.75) is 56.7 Å². The zero-order valence-corrected chi connectivity index (χ0v) is 28.9. The zero-order chi connectivity index (χ0) is 36.1. The third-order valence-electron chi connectivity index (χ3n) is 10.4. The number of phenolic OH excluding ortho intramolecular Hbond substituents is 1. The molecule has 1 unspecified atom stereocenters. The van der Waals surface area contributed by atoms with Gasteiger partial charge in [-0.25, -0.2) is 8.78 Å². The van der Waals surface area contributed by atoms with E-state index >= 15 is 8.78 Å². The molecule has 1 amide bonds. The van der Waals surface area contributed by atoms with Crippen molar-refractivity contribution in [2.75, 3.05) is 50.9 Å². The van der Waals surface area contributed by atoms with Gasteiger partial charge in [-0.15, -0.1) is 6.42 Å². The van der Waals surface area contributed by atoms with E-state index in [9.17, 15) is 9.90 Å². The Bertz CT molecular complexity index is 2080. The highest BCUT2D eigenvalue weighted by atomic mass is 19.1. The molecule has 12 heteroatoms. The van der Waals surface area contributed by atoms with Gasteiger partial charge in [0.1, 0.15) is 29.5 Å². The van der Waals surface area contributed by atoms with E-state index in [-0.39, 0.29) is 57.4 Å². The second-order valence-corrected chi connectivity index (χ2v) is 14.4. The van der Waals surface area contributed by atoms with Crippen molar-refractivity contribution >= 4 is 33.4 Å². The third-order valence-corrected chi connectivity index (χ3v) is 10.4. The van der Waals surface area contributed by atoms with Crippen LogP contribution in [0.2, 0.25) is 0 Å². The summed E-state index contributed by atoms with van der Waals surface area (Å²) in [4.78, 5) is 26.3. The maximum atomic E-state index is 17.7. The maximum Gasteiger partial charge on any atom is 0.319 e. The highest BCUT2D eigenvalue weighted by Gasteiger charge is 2.45. The Balaban J connectivity index is 1.47. The van der Waals surface area contributed by atoms with Gasteiger partial charge in [0.2, 0.25) is 5.91 Å². The van der Waals surface area contributed by atoms with Crippen molar-refractivity contribution in [3.05, 3.63) is 65.7 Å². The molecule has 4 heterocycles. The molecule has 7 rings (SSSR count). The van der Waals surface area contributed by atoms with E-state index in [0.717, 1.165) is 38.8 Å². The number of hydrogen-bond acceptors (Lipinski definition) is 9. The predicted molar refractivity (Wildman–Crippen MR) is 193 cm³/mol. The highest BCUT2D eigenvalue weighted by Crippen LogP contribution is 2.45. The van der Waals surface area contributed by atoms with Crippen molar-refractivity contribution in [2.24, 2.45) is 5.73 Å². The number of nitrogens with two attached hydrogens (primary N) is 1. The normalized spacial score (nSPS) is 19.1. The van der Waals surface area contributed by atoms with Crippen LogP contribution in [0, 0.1) is 24.0 Å². The SMILES string of the molecule is C#Cc1c(F)ccc2cc(O)cc(-c3c(C(C)(C)N)cc4c(N5CCOCC(NC(=O)C=C)C5)nc(OCC56CCCN5CCC6)nc4c3F)c12. The number of anilines is 1. The Hall–Kier alpha value is -4.83. The number of nitrogens with zero attached hydrogens (tertiary/aromatic N) is 4. The number of carbonyl (C=O) groups excluding carboxylic acids is 1. The van der Waals surface area contributed by atoms with E-state index < -0.39 is 23.2 Å². The molecule has 3 saturated heterocycles. The number of rotatable bonds is 8. The van der Waals surface area contributed by atoms with Gasteiger partial charge in [-0.05, 0) is 99.5 Å². The number of hydrogen-bond donors (Lipinski definition) is 3. The predicted octanol–water partition coefficient (Wildman–Crippen LogP) is 5.12. The van der Waals surface area contributed by atoms with Crippen LogP contribution in [0.5, 0.6) is 11.8 Å². The fourth-order valence-corrected chi connectivity index (χ4v) is 8.04. The number of amides is 1. The molecular weight excluding hydrogens is 654 g/mol. The lowest BCUT2D eigenvalue weighted by molar-refractivity contribution is -0.117. The molecule has 0 aliphatic carbocycles. The first-order chi connectivity index (χ1) is 24.4. The molecule has 0 saturated carbocycles. The minimum atomic E-state index is -1.14. The number of ether oxygens (including phenoxy) is 2. The van der Waals surface area contributed by atoms with Crippen LogP contribution in [0.4, 0.5) is 14.6 Å². The quantitative estimate of drug-likeness (QED) is 0.170. The molecule has 10 nitrogen and oxygen atoms in total. The number of phenols is 1. The minimum absolute atomic E-state index is 0.00296. The number of carbonyl (C=O) groups is 1. The first-order valence-corrected chi connectivity index (χ1v) is 17.3. The summed E-state index contributed by atoms with van der Waals surface area (Å²) in [6, 6.07) is 6.87. The summed E-state index contributed by atoms with van der Waals surface area (Å²) in [6.45, 7) is 10.7. The molecule has 0 bridgehead atoms. The maximum absolute atomic E-state index is 17.7. The van der Waals surface area contributed by atoms with Gasteiger partial charge in [-0.3, -0.25) is 9.69 Å². The first kappa shape index (κ1) is 34.6. The Morgan fingerprint density at radius 2 is 2.00 bits per heavy atom. The molecule has 3 fully saturated rings. The fourth-order valence-electron chi connectivity index (χ4n) is 8.04. The number of halogens is 2. The number of nitrogens with one attached hydrogen (secondary N) is 1. The third kappa shape index (κ3) is 6.35. The van der Waals surface area contributed by atoms with E-state index in [2.05, 4.69) is 22.7 Å². The van der Waals surface area contributed by atoms with Crippen molar-refractivity contribution < 1.29 is 28.2 Å². The van der Waals surface area contributed by atoms with Crippen LogP contribution in [0.15, 0.2) is 43.0 Å². The van der Waals surface area contributed by atoms with Crippen molar-refractivity contribution in [3.8, 4) is 35.2 Å². The van der Waals surface area contributed by atoms with Gasteiger partial charge in [0.25, 0.3) is 0 Å². The summed E-state index contributed by atoms with van der Waals surface area (Å²) in [5.41, 5.74) is 5.96. The van der Waals surface area contributed by atoms with Crippen LogP contribution in [-0.2, 0) is 15.1 Å². The van der Waals surface area contributed by atoms with Gasteiger partial charge in [-0.2, -0.15) is 9.97 Å². The van der Waals surface area contributed by atoms with Crippen molar-refractivity contribution in [3.63, 3.8) is 0 Å². The smallest absolute Gasteiger partial charge is 0.319 e. The molecule has 3 aromatic carbocycles. The summed E-state index contributed by atoms with van der Waals surface area (Å²) >= 11 is 0. The number of fused-ring (bicyclic) bond motifs is 3. The molecule has 0 radical (unpaired) electrons. The van der Waals surface area contributed by atoms with Crippen LogP contribution in [0.25, 0.3) is 32.8 Å². The van der Waals surface area contributed by atoms with Crippen molar-refractivity contribution in [1.29, 1.82) is 0 Å². The largest absolute Gasteiger partial charge is 0.508 e. The van der Waals surface area contributed by atoms with Crippen molar-refractivity contribution in [1.82, 2.24) is 20.2 Å². The van der Waals surface area contributed by atoms with Gasteiger partial charge in [0.15, 0.2) is 5.82 Å². The molecule has 3 aliphatic heterocycles. The fraction of sp³-hybridized carbons (Fsp3) is 0.410. The molecule has 1 atom stereocenters. The van der Waals surface area contributed by atoms with Crippen LogP contribution >= 0.6 is 0 Å². The standard InChI is InChI=1S/C39H42F2N6O4/c1-5-26-30(40)10-9-23-17-25(48)18-27(32(23)26)33-29(38(3,4)42)19-28-35(34(33)41)44-37(51-22-39-11-7-13-47(39)14-8-12-39)45-36(28)46-15-16-50-21-24(20-46)43-31(49)6-2/h1,6,9-10,17-19,24,48H,2,7-8,11-16,20-22,42H2,3-4H3,(H,43,49). The molecule has 4 N–H and O–H groups in total. The van der Waals surface area contributed by atoms with Gasteiger partial charge >= 0.3 is 6.01 Å². The second-order valence-electron chi connectivity index (χ2n) is 14.4.